The number of benzene rings is 2. The second-order valence-corrected chi connectivity index (χ2v) is 5.64. The lowest BCUT2D eigenvalue weighted by molar-refractivity contribution is 0.102. The fourth-order valence-corrected chi connectivity index (χ4v) is 2.38. The van der Waals surface area contributed by atoms with E-state index in [1.807, 2.05) is 37.3 Å². The average Bonchev–Trinajstić information content (AvgIpc) is 2.60. The average molecular weight is 339 g/mol. The Hall–Kier alpha value is -2.92. The summed E-state index contributed by atoms with van der Waals surface area (Å²) in [5.74, 6) is 0.750. The van der Waals surface area contributed by atoms with E-state index in [4.69, 9.17) is 11.6 Å². The molecular formula is C18H15ClN4O. The predicted octanol–water partition coefficient (Wildman–Crippen LogP) is 4.43. The van der Waals surface area contributed by atoms with E-state index in [0.717, 1.165) is 11.3 Å². The summed E-state index contributed by atoms with van der Waals surface area (Å²) in [5, 5.41) is 14.7. The lowest BCUT2D eigenvalue weighted by Gasteiger charge is -2.09. The number of aryl methyl sites for hydroxylation is 1. The van der Waals surface area contributed by atoms with Crippen LogP contribution in [0.2, 0.25) is 5.02 Å². The molecule has 0 bridgehead atoms. The van der Waals surface area contributed by atoms with Crippen molar-refractivity contribution >= 4 is 34.8 Å². The number of rotatable bonds is 4. The maximum Gasteiger partial charge on any atom is 0.256 e. The Kier molecular flexibility index (Phi) is 4.72. The van der Waals surface area contributed by atoms with E-state index in [2.05, 4.69) is 20.8 Å². The van der Waals surface area contributed by atoms with Gasteiger partial charge in [0.15, 0.2) is 11.6 Å². The van der Waals surface area contributed by atoms with Gasteiger partial charge in [0.2, 0.25) is 0 Å². The van der Waals surface area contributed by atoms with Gasteiger partial charge in [-0.2, -0.15) is 0 Å². The Morgan fingerprint density at radius 1 is 0.958 bits per heavy atom. The van der Waals surface area contributed by atoms with Crippen molar-refractivity contribution in [2.45, 2.75) is 6.92 Å². The number of halogens is 1. The zero-order chi connectivity index (χ0) is 16.9. The third kappa shape index (κ3) is 3.88. The molecule has 24 heavy (non-hydrogen) atoms. The van der Waals surface area contributed by atoms with Gasteiger partial charge in [0, 0.05) is 16.3 Å². The molecule has 1 amide bonds. The first-order chi connectivity index (χ1) is 11.6. The summed E-state index contributed by atoms with van der Waals surface area (Å²) in [6.45, 7) is 1.95. The van der Waals surface area contributed by atoms with E-state index in [1.54, 1.807) is 30.3 Å². The zero-order valence-electron chi connectivity index (χ0n) is 13.0. The summed E-state index contributed by atoms with van der Waals surface area (Å²) in [5.41, 5.74) is 2.47. The van der Waals surface area contributed by atoms with Crippen LogP contribution in [0.4, 0.5) is 17.3 Å². The van der Waals surface area contributed by atoms with Crippen LogP contribution in [0.15, 0.2) is 60.7 Å². The minimum absolute atomic E-state index is 0.223. The summed E-state index contributed by atoms with van der Waals surface area (Å²) in [4.78, 5) is 12.1. The fraction of sp³-hybridized carbons (Fsp3) is 0.0556. The molecule has 120 valence electrons. The van der Waals surface area contributed by atoms with Crippen molar-refractivity contribution in [3.05, 3.63) is 76.8 Å². The van der Waals surface area contributed by atoms with Gasteiger partial charge in [-0.05, 0) is 55.0 Å². The molecular weight excluding hydrogens is 324 g/mol. The van der Waals surface area contributed by atoms with Crippen LogP contribution in [0.5, 0.6) is 0 Å². The summed E-state index contributed by atoms with van der Waals surface area (Å²) in [6, 6.07) is 17.9. The van der Waals surface area contributed by atoms with Gasteiger partial charge in [-0.1, -0.05) is 29.8 Å². The van der Waals surface area contributed by atoms with Crippen LogP contribution in [0, 0.1) is 6.92 Å². The third-order valence-corrected chi connectivity index (χ3v) is 3.63. The summed E-state index contributed by atoms with van der Waals surface area (Å²) < 4.78 is 0. The maximum atomic E-state index is 12.1. The molecule has 2 N–H and O–H groups in total. The molecule has 0 saturated heterocycles. The van der Waals surface area contributed by atoms with E-state index in [9.17, 15) is 4.79 Å². The monoisotopic (exact) mass is 338 g/mol. The van der Waals surface area contributed by atoms with Gasteiger partial charge in [0.25, 0.3) is 5.91 Å². The summed E-state index contributed by atoms with van der Waals surface area (Å²) >= 11 is 5.94. The SMILES string of the molecule is Cc1cc(Cl)ccc1Nc1ccc(NC(=O)c2ccccc2)nn1. The molecule has 0 radical (unpaired) electrons. The molecule has 0 aliphatic heterocycles. The minimum atomic E-state index is -0.223. The Labute approximate surface area is 144 Å². The summed E-state index contributed by atoms with van der Waals surface area (Å²) in [7, 11) is 0. The van der Waals surface area contributed by atoms with Crippen LogP contribution in [0.25, 0.3) is 0 Å². The molecule has 0 aliphatic carbocycles. The highest BCUT2D eigenvalue weighted by atomic mass is 35.5. The van der Waals surface area contributed by atoms with Crippen molar-refractivity contribution in [1.82, 2.24) is 10.2 Å². The predicted molar refractivity (Wildman–Crippen MR) is 95.9 cm³/mol. The molecule has 0 atom stereocenters. The second-order valence-electron chi connectivity index (χ2n) is 5.21. The number of carbonyl (C=O) groups excluding carboxylic acids is 1. The number of amides is 1. The van der Waals surface area contributed by atoms with Crippen molar-refractivity contribution in [3.63, 3.8) is 0 Å². The quantitative estimate of drug-likeness (QED) is 0.738. The van der Waals surface area contributed by atoms with Crippen molar-refractivity contribution in [3.8, 4) is 0 Å². The highest BCUT2D eigenvalue weighted by Crippen LogP contribution is 2.22. The molecule has 1 aromatic heterocycles. The first-order valence-electron chi connectivity index (χ1n) is 7.35. The van der Waals surface area contributed by atoms with E-state index in [0.29, 0.717) is 22.2 Å². The molecule has 0 fully saturated rings. The Balaban J connectivity index is 1.68. The minimum Gasteiger partial charge on any atom is -0.339 e. The molecule has 3 aromatic rings. The van der Waals surface area contributed by atoms with E-state index < -0.39 is 0 Å². The Morgan fingerprint density at radius 2 is 1.67 bits per heavy atom. The van der Waals surface area contributed by atoms with Crippen LogP contribution < -0.4 is 10.6 Å². The van der Waals surface area contributed by atoms with Crippen LogP contribution in [-0.4, -0.2) is 16.1 Å². The van der Waals surface area contributed by atoms with Gasteiger partial charge in [-0.3, -0.25) is 4.79 Å². The largest absolute Gasteiger partial charge is 0.339 e. The number of hydrogen-bond acceptors (Lipinski definition) is 4. The molecule has 1 heterocycles. The van der Waals surface area contributed by atoms with Crippen molar-refractivity contribution in [2.75, 3.05) is 10.6 Å². The van der Waals surface area contributed by atoms with Crippen LogP contribution in [-0.2, 0) is 0 Å². The highest BCUT2D eigenvalue weighted by molar-refractivity contribution is 6.30. The first kappa shape index (κ1) is 16.0. The molecule has 6 heteroatoms. The number of aromatic nitrogens is 2. The van der Waals surface area contributed by atoms with Gasteiger partial charge in [-0.15, -0.1) is 10.2 Å². The van der Waals surface area contributed by atoms with Crippen LogP contribution in [0.3, 0.4) is 0 Å². The van der Waals surface area contributed by atoms with Crippen LogP contribution >= 0.6 is 11.6 Å². The van der Waals surface area contributed by atoms with E-state index in [1.165, 1.54) is 0 Å². The normalized spacial score (nSPS) is 10.2. The number of anilines is 3. The number of nitrogens with one attached hydrogen (secondary N) is 2. The second kappa shape index (κ2) is 7.10. The summed E-state index contributed by atoms with van der Waals surface area (Å²) in [6.07, 6.45) is 0. The zero-order valence-corrected chi connectivity index (χ0v) is 13.7. The van der Waals surface area contributed by atoms with Crippen molar-refractivity contribution < 1.29 is 4.79 Å². The van der Waals surface area contributed by atoms with Gasteiger partial charge < -0.3 is 10.6 Å². The first-order valence-corrected chi connectivity index (χ1v) is 7.73. The third-order valence-electron chi connectivity index (χ3n) is 3.39. The number of carbonyl (C=O) groups is 1. The standard InChI is InChI=1S/C18H15ClN4O/c1-12-11-14(19)7-8-15(12)20-16-9-10-17(23-22-16)21-18(24)13-5-3-2-4-6-13/h2-11H,1H3,(H,20,22)(H,21,23,24). The molecule has 0 unspecified atom stereocenters. The van der Waals surface area contributed by atoms with Crippen molar-refractivity contribution in [1.29, 1.82) is 0 Å². The van der Waals surface area contributed by atoms with E-state index in [-0.39, 0.29) is 5.91 Å². The lowest BCUT2D eigenvalue weighted by Crippen LogP contribution is -2.13. The molecule has 0 spiro atoms. The van der Waals surface area contributed by atoms with Gasteiger partial charge in [0.05, 0.1) is 0 Å². The van der Waals surface area contributed by atoms with E-state index >= 15 is 0 Å². The smallest absolute Gasteiger partial charge is 0.256 e. The number of nitrogens with zero attached hydrogens (tertiary/aromatic N) is 2. The van der Waals surface area contributed by atoms with Crippen LogP contribution in [0.1, 0.15) is 15.9 Å². The fourth-order valence-electron chi connectivity index (χ4n) is 2.15. The maximum absolute atomic E-state index is 12.1. The van der Waals surface area contributed by atoms with Gasteiger partial charge in [-0.25, -0.2) is 0 Å². The number of hydrogen-bond donors (Lipinski definition) is 2. The molecule has 3 rings (SSSR count). The molecule has 0 saturated carbocycles. The molecule has 2 aromatic carbocycles. The van der Waals surface area contributed by atoms with Crippen molar-refractivity contribution in [2.24, 2.45) is 0 Å². The lowest BCUT2D eigenvalue weighted by atomic mass is 10.2. The van der Waals surface area contributed by atoms with Gasteiger partial charge in [0.1, 0.15) is 0 Å². The Morgan fingerprint density at radius 3 is 2.33 bits per heavy atom. The molecule has 0 aliphatic rings. The van der Waals surface area contributed by atoms with Gasteiger partial charge >= 0.3 is 0 Å². The topological polar surface area (TPSA) is 66.9 Å². The molecule has 5 nitrogen and oxygen atoms in total. The Bertz CT molecular complexity index is 851. The highest BCUT2D eigenvalue weighted by Gasteiger charge is 2.07.